The van der Waals surface area contributed by atoms with Crippen molar-refractivity contribution in [3.8, 4) is 0 Å². The molecule has 0 spiro atoms. The van der Waals surface area contributed by atoms with Crippen molar-refractivity contribution in [2.24, 2.45) is 16.7 Å². The average Bonchev–Trinajstić information content (AvgIpc) is 2.34. The molecule has 1 fully saturated rings. The molecule has 2 atom stereocenters. The van der Waals surface area contributed by atoms with Gasteiger partial charge in [-0.05, 0) is 36.0 Å². The zero-order chi connectivity index (χ0) is 15.0. The minimum absolute atomic E-state index is 0.0812. The molecule has 0 unspecified atom stereocenters. The lowest BCUT2D eigenvalue weighted by molar-refractivity contribution is -0.135. The second-order valence-electron chi connectivity index (χ2n) is 6.97. The Morgan fingerprint density at radius 2 is 2.05 bits per heavy atom. The number of aldehydes is 1. The third-order valence-corrected chi connectivity index (χ3v) is 5.20. The number of carbonyl (C=O) groups excluding carboxylic acids is 2. The summed E-state index contributed by atoms with van der Waals surface area (Å²) >= 11 is 0. The SMILES string of the molecule is CC(=O)O/C=C1/C(C=O)=CC[C@H]2C(C)(C)CCC[C@]12C. The first-order chi connectivity index (χ1) is 9.31. The fourth-order valence-electron chi connectivity index (χ4n) is 4.16. The third-order valence-electron chi connectivity index (χ3n) is 5.20. The molecule has 0 aliphatic heterocycles. The van der Waals surface area contributed by atoms with E-state index in [0.717, 1.165) is 31.1 Å². The summed E-state index contributed by atoms with van der Waals surface area (Å²) in [5.74, 6) is 0.137. The lowest BCUT2D eigenvalue weighted by Crippen LogP contribution is -2.45. The van der Waals surface area contributed by atoms with Crippen LogP contribution in [0, 0.1) is 16.7 Å². The van der Waals surface area contributed by atoms with Crippen LogP contribution in [0.1, 0.15) is 53.4 Å². The molecule has 0 aromatic carbocycles. The first kappa shape index (κ1) is 15.0. The fraction of sp³-hybridized carbons (Fsp3) is 0.647. The van der Waals surface area contributed by atoms with Crippen LogP contribution >= 0.6 is 0 Å². The topological polar surface area (TPSA) is 43.4 Å². The minimum atomic E-state index is -0.344. The number of esters is 1. The summed E-state index contributed by atoms with van der Waals surface area (Å²) in [5.41, 5.74) is 1.74. The smallest absolute Gasteiger partial charge is 0.307 e. The molecule has 2 aliphatic rings. The summed E-state index contributed by atoms with van der Waals surface area (Å²) < 4.78 is 5.10. The van der Waals surface area contributed by atoms with Crippen LogP contribution in [0.4, 0.5) is 0 Å². The van der Waals surface area contributed by atoms with Crippen molar-refractivity contribution < 1.29 is 14.3 Å². The molecule has 110 valence electrons. The van der Waals surface area contributed by atoms with Gasteiger partial charge in [0.25, 0.3) is 0 Å². The van der Waals surface area contributed by atoms with Gasteiger partial charge in [0.05, 0.1) is 6.26 Å². The maximum Gasteiger partial charge on any atom is 0.307 e. The summed E-state index contributed by atoms with van der Waals surface area (Å²) in [6, 6.07) is 0. The first-order valence-corrected chi connectivity index (χ1v) is 7.35. The van der Waals surface area contributed by atoms with Crippen LogP contribution in [-0.4, -0.2) is 12.3 Å². The van der Waals surface area contributed by atoms with Gasteiger partial charge >= 0.3 is 5.97 Å². The number of hydrogen-bond donors (Lipinski definition) is 0. The van der Waals surface area contributed by atoms with Crippen LogP contribution in [-0.2, 0) is 14.3 Å². The largest absolute Gasteiger partial charge is 0.434 e. The summed E-state index contributed by atoms with van der Waals surface area (Å²) in [4.78, 5) is 22.4. The lowest BCUT2D eigenvalue weighted by atomic mass is 9.51. The van der Waals surface area contributed by atoms with Gasteiger partial charge in [-0.1, -0.05) is 33.3 Å². The fourth-order valence-corrected chi connectivity index (χ4v) is 4.16. The molecule has 0 aromatic rings. The molecule has 3 nitrogen and oxygen atoms in total. The predicted octanol–water partition coefficient (Wildman–Crippen LogP) is 3.80. The maximum absolute atomic E-state index is 11.3. The van der Waals surface area contributed by atoms with Crippen molar-refractivity contribution in [3.63, 3.8) is 0 Å². The molecule has 0 bridgehead atoms. The number of hydrogen-bond acceptors (Lipinski definition) is 3. The van der Waals surface area contributed by atoms with Gasteiger partial charge in [-0.3, -0.25) is 9.59 Å². The predicted molar refractivity (Wildman–Crippen MR) is 77.8 cm³/mol. The molecule has 3 heteroatoms. The second-order valence-corrected chi connectivity index (χ2v) is 6.97. The van der Waals surface area contributed by atoms with E-state index in [0.29, 0.717) is 11.5 Å². The highest BCUT2D eigenvalue weighted by Crippen LogP contribution is 2.59. The van der Waals surface area contributed by atoms with Gasteiger partial charge in [0.15, 0.2) is 0 Å². The molecular formula is C17H24O3. The van der Waals surface area contributed by atoms with E-state index in [1.54, 1.807) is 0 Å². The Hall–Kier alpha value is -1.38. The molecule has 1 saturated carbocycles. The monoisotopic (exact) mass is 276 g/mol. The van der Waals surface area contributed by atoms with Gasteiger partial charge in [0, 0.05) is 18.1 Å². The van der Waals surface area contributed by atoms with E-state index in [-0.39, 0.29) is 16.8 Å². The van der Waals surface area contributed by atoms with Crippen molar-refractivity contribution in [2.45, 2.75) is 53.4 Å². The van der Waals surface area contributed by atoms with Gasteiger partial charge in [0.2, 0.25) is 0 Å². The van der Waals surface area contributed by atoms with Crippen LogP contribution in [0.2, 0.25) is 0 Å². The van der Waals surface area contributed by atoms with Crippen LogP contribution < -0.4 is 0 Å². The molecule has 0 saturated heterocycles. The van der Waals surface area contributed by atoms with Crippen molar-refractivity contribution in [1.29, 1.82) is 0 Å². The van der Waals surface area contributed by atoms with E-state index < -0.39 is 0 Å². The Morgan fingerprint density at radius 1 is 1.35 bits per heavy atom. The summed E-state index contributed by atoms with van der Waals surface area (Å²) in [7, 11) is 0. The third kappa shape index (κ3) is 2.46. The molecule has 0 heterocycles. The Kier molecular flexibility index (Phi) is 3.90. The maximum atomic E-state index is 11.3. The number of ether oxygens (including phenoxy) is 1. The molecule has 2 rings (SSSR count). The molecule has 20 heavy (non-hydrogen) atoms. The Balaban J connectivity index is 2.47. The van der Waals surface area contributed by atoms with E-state index in [2.05, 4.69) is 20.8 Å². The van der Waals surface area contributed by atoms with E-state index >= 15 is 0 Å². The van der Waals surface area contributed by atoms with Gasteiger partial charge in [-0.2, -0.15) is 0 Å². The molecule has 0 aromatic heterocycles. The molecule has 0 N–H and O–H groups in total. The van der Waals surface area contributed by atoms with E-state index in [9.17, 15) is 9.59 Å². The van der Waals surface area contributed by atoms with Gasteiger partial charge in [-0.15, -0.1) is 0 Å². The zero-order valence-corrected chi connectivity index (χ0v) is 12.9. The van der Waals surface area contributed by atoms with E-state index in [1.807, 2.05) is 6.08 Å². The highest BCUT2D eigenvalue weighted by Gasteiger charge is 2.50. The van der Waals surface area contributed by atoms with Crippen molar-refractivity contribution >= 4 is 12.3 Å². The normalized spacial score (nSPS) is 34.1. The number of rotatable bonds is 2. The summed E-state index contributed by atoms with van der Waals surface area (Å²) in [6.07, 6.45) is 8.71. The summed E-state index contributed by atoms with van der Waals surface area (Å²) in [6.45, 7) is 8.20. The number of fused-ring (bicyclic) bond motifs is 1. The molecule has 2 aliphatic carbocycles. The molecular weight excluding hydrogens is 252 g/mol. The van der Waals surface area contributed by atoms with E-state index in [1.165, 1.54) is 19.6 Å². The Labute approximate surface area is 121 Å². The Bertz CT molecular complexity index is 484. The van der Waals surface area contributed by atoms with Gasteiger partial charge < -0.3 is 4.74 Å². The standard InChI is InChI=1S/C17H24O3/c1-12(19)20-11-14-13(10-18)6-7-15-16(2,3)8-5-9-17(14,15)4/h6,10-11,15H,5,7-9H2,1-4H3/b14-11-/t15-,17+/m0/s1. The zero-order valence-electron chi connectivity index (χ0n) is 12.9. The quantitative estimate of drug-likeness (QED) is 0.438. The minimum Gasteiger partial charge on any atom is -0.434 e. The van der Waals surface area contributed by atoms with Crippen molar-refractivity contribution in [2.75, 3.05) is 0 Å². The first-order valence-electron chi connectivity index (χ1n) is 7.35. The van der Waals surface area contributed by atoms with Gasteiger partial charge in [-0.25, -0.2) is 0 Å². The molecule has 0 amide bonds. The van der Waals surface area contributed by atoms with Crippen LogP contribution in [0.15, 0.2) is 23.5 Å². The van der Waals surface area contributed by atoms with Gasteiger partial charge in [0.1, 0.15) is 6.29 Å². The van der Waals surface area contributed by atoms with Crippen LogP contribution in [0.25, 0.3) is 0 Å². The lowest BCUT2D eigenvalue weighted by Gasteiger charge is -2.53. The van der Waals surface area contributed by atoms with Crippen molar-refractivity contribution in [1.82, 2.24) is 0 Å². The van der Waals surface area contributed by atoms with Crippen LogP contribution in [0.3, 0.4) is 0 Å². The second kappa shape index (κ2) is 5.19. The highest BCUT2D eigenvalue weighted by molar-refractivity contribution is 5.81. The Morgan fingerprint density at radius 3 is 2.65 bits per heavy atom. The van der Waals surface area contributed by atoms with E-state index in [4.69, 9.17) is 4.74 Å². The summed E-state index contributed by atoms with van der Waals surface area (Å²) in [5, 5.41) is 0. The number of allylic oxidation sites excluding steroid dienone is 3. The van der Waals surface area contributed by atoms with Crippen molar-refractivity contribution in [3.05, 3.63) is 23.5 Å². The molecule has 0 radical (unpaired) electrons. The van der Waals surface area contributed by atoms with Crippen LogP contribution in [0.5, 0.6) is 0 Å². The number of carbonyl (C=O) groups is 2. The highest BCUT2D eigenvalue weighted by atomic mass is 16.5. The average molecular weight is 276 g/mol.